The Bertz CT molecular complexity index is 1830. The van der Waals surface area contributed by atoms with Gasteiger partial charge in [0.15, 0.2) is 6.10 Å². The molecular weight excluding hydrogens is 780 g/mol. The molecule has 14 nitrogen and oxygen atoms in total. The van der Waals surface area contributed by atoms with Crippen LogP contribution in [0.5, 0.6) is 5.75 Å². The molecule has 59 heavy (non-hydrogen) atoms. The predicted octanol–water partition coefficient (Wildman–Crippen LogP) is 4.41. The number of cyclic esters (lactones) is 2. The lowest BCUT2D eigenvalue weighted by atomic mass is 9.92. The van der Waals surface area contributed by atoms with Crippen LogP contribution < -0.4 is 15.4 Å². The zero-order chi connectivity index (χ0) is 42.9. The molecule has 5 rings (SSSR count). The lowest BCUT2D eigenvalue weighted by Gasteiger charge is -2.34. The van der Waals surface area contributed by atoms with E-state index in [-0.39, 0.29) is 55.8 Å². The number of methoxy groups -OCH3 is 2. The van der Waals surface area contributed by atoms with Crippen LogP contribution in [0, 0.1) is 17.3 Å². The molecule has 0 saturated carbocycles. The molecule has 2 aromatic carbocycles. The average Bonchev–Trinajstić information content (AvgIpc) is 4.00. The summed E-state index contributed by atoms with van der Waals surface area (Å²) in [6.45, 7) is 13.3. The number of epoxide rings is 1. The molecule has 0 unspecified atom stereocenters. The van der Waals surface area contributed by atoms with Crippen molar-refractivity contribution >= 4 is 41.3 Å². The Morgan fingerprint density at radius 3 is 2.27 bits per heavy atom. The van der Waals surface area contributed by atoms with E-state index in [0.29, 0.717) is 22.9 Å². The normalized spacial score (nSPS) is 25.9. The lowest BCUT2D eigenvalue weighted by Crippen LogP contribution is -2.51. The van der Waals surface area contributed by atoms with Gasteiger partial charge in [-0.15, -0.1) is 0 Å². The summed E-state index contributed by atoms with van der Waals surface area (Å²) in [6, 6.07) is 12.4. The van der Waals surface area contributed by atoms with Crippen molar-refractivity contribution in [1.29, 1.82) is 0 Å². The summed E-state index contributed by atoms with van der Waals surface area (Å²) in [7, 11) is 2.91. The minimum absolute atomic E-state index is 0.00395. The van der Waals surface area contributed by atoms with E-state index in [1.54, 1.807) is 38.1 Å². The maximum atomic E-state index is 13.8. The topological polar surface area (TPSA) is 165 Å². The molecule has 2 amide bonds. The lowest BCUT2D eigenvalue weighted by molar-refractivity contribution is -0.179. The Kier molecular flexibility index (Phi) is 16.0. The summed E-state index contributed by atoms with van der Waals surface area (Å²) in [6.07, 6.45) is 1.06. The van der Waals surface area contributed by atoms with Gasteiger partial charge in [-0.05, 0) is 61.1 Å². The number of hydrogen-bond donors (Lipinski definition) is 2. The van der Waals surface area contributed by atoms with Crippen molar-refractivity contribution in [2.45, 2.75) is 90.9 Å². The monoisotopic (exact) mass is 838 g/mol. The number of nitrogens with zero attached hydrogens (tertiary/aromatic N) is 2. The van der Waals surface area contributed by atoms with Crippen LogP contribution in [0.15, 0.2) is 54.6 Å². The van der Waals surface area contributed by atoms with Gasteiger partial charge in [0.1, 0.15) is 24.0 Å². The summed E-state index contributed by atoms with van der Waals surface area (Å²) in [5, 5.41) is 5.93. The molecule has 6 atom stereocenters. The molecule has 15 heteroatoms. The first-order chi connectivity index (χ1) is 28.1. The van der Waals surface area contributed by atoms with E-state index in [9.17, 15) is 24.0 Å². The predicted molar refractivity (Wildman–Crippen MR) is 220 cm³/mol. The number of piperazine rings is 1. The van der Waals surface area contributed by atoms with E-state index in [1.807, 2.05) is 20.8 Å². The van der Waals surface area contributed by atoms with Crippen LogP contribution in [0.3, 0.4) is 0 Å². The number of ether oxygens (including phenoxy) is 5. The standard InChI is InChI=1S/C44H59ClN4O10/c1-27(2)21-36-42(53)57-34(28(3)39-40(59-39)31-14-11-29(12-15-31)24-48-17-19-49(20-18-48)25-38(51)56-7)9-8-10-37(50)47-33(23-30-13-16-35(55-6)32(45)22-30)41(52)46-26-44(4,5)43(54)58-36/h8,10-16,22,27-28,33-34,36,39-40H,9,17-21,23-26H2,1-7H3,(H,46,52)(H,47,50)/b10-8-/t28-,33+,34-,36-,39+,40+/m0/s1. The number of amides is 2. The number of hydrogen-bond acceptors (Lipinski definition) is 12. The highest BCUT2D eigenvalue weighted by molar-refractivity contribution is 6.32. The number of halogens is 1. The average molecular weight is 839 g/mol. The number of rotatable bonds is 12. The minimum atomic E-state index is -1.22. The molecule has 2 N–H and O–H groups in total. The first kappa shape index (κ1) is 45.6. The van der Waals surface area contributed by atoms with E-state index in [2.05, 4.69) is 44.7 Å². The third-order valence-corrected chi connectivity index (χ3v) is 11.3. The van der Waals surface area contributed by atoms with Crippen LogP contribution in [-0.4, -0.2) is 117 Å². The van der Waals surface area contributed by atoms with Crippen molar-refractivity contribution < 1.29 is 47.7 Å². The van der Waals surface area contributed by atoms with Crippen molar-refractivity contribution in [3.05, 3.63) is 76.3 Å². The third kappa shape index (κ3) is 13.0. The molecule has 2 saturated heterocycles. The van der Waals surface area contributed by atoms with Crippen LogP contribution in [0.25, 0.3) is 0 Å². The van der Waals surface area contributed by atoms with Crippen LogP contribution in [-0.2, 0) is 55.9 Å². The minimum Gasteiger partial charge on any atom is -0.495 e. The van der Waals surface area contributed by atoms with Gasteiger partial charge in [-0.1, -0.05) is 68.8 Å². The molecule has 0 aromatic heterocycles. The van der Waals surface area contributed by atoms with Crippen LogP contribution >= 0.6 is 11.6 Å². The number of esters is 3. The molecule has 2 fully saturated rings. The Hall–Kier alpha value is -4.50. The van der Waals surface area contributed by atoms with Crippen LogP contribution in [0.1, 0.15) is 70.3 Å². The van der Waals surface area contributed by atoms with Gasteiger partial charge in [0.05, 0.1) is 37.3 Å². The van der Waals surface area contributed by atoms with Crippen LogP contribution in [0.4, 0.5) is 0 Å². The maximum Gasteiger partial charge on any atom is 0.347 e. The van der Waals surface area contributed by atoms with Gasteiger partial charge in [0.2, 0.25) is 11.8 Å². The third-order valence-electron chi connectivity index (χ3n) is 11.0. The van der Waals surface area contributed by atoms with Crippen molar-refractivity contribution in [3.8, 4) is 5.75 Å². The van der Waals surface area contributed by atoms with Gasteiger partial charge in [-0.25, -0.2) is 4.79 Å². The van der Waals surface area contributed by atoms with Gasteiger partial charge >= 0.3 is 17.9 Å². The summed E-state index contributed by atoms with van der Waals surface area (Å²) in [4.78, 5) is 70.4. The fourth-order valence-electron chi connectivity index (χ4n) is 7.25. The molecule has 2 aromatic rings. The van der Waals surface area contributed by atoms with E-state index in [1.165, 1.54) is 20.3 Å². The molecule has 0 radical (unpaired) electrons. The number of benzene rings is 2. The smallest absolute Gasteiger partial charge is 0.347 e. The zero-order valence-electron chi connectivity index (χ0n) is 35.2. The maximum absolute atomic E-state index is 13.8. The molecule has 3 aliphatic heterocycles. The Morgan fingerprint density at radius 1 is 0.949 bits per heavy atom. The second-order valence-corrected chi connectivity index (χ2v) is 17.1. The first-order valence-electron chi connectivity index (χ1n) is 20.3. The van der Waals surface area contributed by atoms with Crippen molar-refractivity contribution in [1.82, 2.24) is 20.4 Å². The molecule has 0 bridgehead atoms. The second kappa shape index (κ2) is 20.7. The van der Waals surface area contributed by atoms with Gasteiger partial charge in [-0.3, -0.25) is 29.0 Å². The zero-order valence-corrected chi connectivity index (χ0v) is 35.9. The summed E-state index contributed by atoms with van der Waals surface area (Å²) < 4.78 is 28.3. The van der Waals surface area contributed by atoms with Gasteiger partial charge in [0.25, 0.3) is 0 Å². The van der Waals surface area contributed by atoms with Crippen molar-refractivity contribution in [3.63, 3.8) is 0 Å². The number of carbonyl (C=O) groups is 5. The van der Waals surface area contributed by atoms with Gasteiger partial charge < -0.3 is 34.3 Å². The molecule has 3 heterocycles. The highest BCUT2D eigenvalue weighted by Gasteiger charge is 2.48. The molecular formula is C44H59ClN4O10. The SMILES string of the molecule is COC(=O)CN1CCN(Cc2ccc([C@H]3O[C@@H]3[C@@H](C)[C@@H]3C/C=C\C(=O)N[C@H](Cc4ccc(OC)c(Cl)c4)C(=O)NCC(C)(C)C(=O)O[C@@H](CC(C)C)C(=O)O3)cc2)CC1. The van der Waals surface area contributed by atoms with E-state index in [4.69, 9.17) is 35.3 Å². The Labute approximate surface area is 352 Å². The van der Waals surface area contributed by atoms with Crippen molar-refractivity contribution in [2.24, 2.45) is 17.3 Å². The highest BCUT2D eigenvalue weighted by atomic mass is 35.5. The van der Waals surface area contributed by atoms with E-state index in [0.717, 1.165) is 43.9 Å². The summed E-state index contributed by atoms with van der Waals surface area (Å²) >= 11 is 6.36. The fraction of sp³-hybridized carbons (Fsp3) is 0.568. The van der Waals surface area contributed by atoms with Crippen LogP contribution in [0.2, 0.25) is 5.02 Å². The first-order valence-corrected chi connectivity index (χ1v) is 20.7. The van der Waals surface area contributed by atoms with E-state index < -0.39 is 47.4 Å². The summed E-state index contributed by atoms with van der Waals surface area (Å²) in [5.74, 6) is -2.43. The Balaban J connectivity index is 1.30. The number of nitrogens with one attached hydrogen (secondary N) is 2. The molecule has 3 aliphatic rings. The van der Waals surface area contributed by atoms with Gasteiger partial charge in [0, 0.05) is 58.0 Å². The quantitative estimate of drug-likeness (QED) is 0.176. The molecule has 0 spiro atoms. The van der Waals surface area contributed by atoms with E-state index >= 15 is 0 Å². The Morgan fingerprint density at radius 2 is 1.63 bits per heavy atom. The fourth-order valence-corrected chi connectivity index (χ4v) is 7.53. The molecule has 322 valence electrons. The highest BCUT2D eigenvalue weighted by Crippen LogP contribution is 2.45. The van der Waals surface area contributed by atoms with Crippen molar-refractivity contribution in [2.75, 3.05) is 53.5 Å². The second-order valence-electron chi connectivity index (χ2n) is 16.7. The van der Waals surface area contributed by atoms with Gasteiger partial charge in [-0.2, -0.15) is 0 Å². The molecule has 0 aliphatic carbocycles. The largest absolute Gasteiger partial charge is 0.495 e. The number of carbonyl (C=O) groups excluding carboxylic acids is 5. The summed E-state index contributed by atoms with van der Waals surface area (Å²) in [5.41, 5.74) is 1.63.